The molecule has 1 radical (unpaired) electrons. The van der Waals surface area contributed by atoms with Crippen LogP contribution in [0.4, 0.5) is 0 Å². The van der Waals surface area contributed by atoms with E-state index in [4.69, 9.17) is 0 Å². The highest BCUT2D eigenvalue weighted by Crippen LogP contribution is 2.33. The lowest BCUT2D eigenvalue weighted by atomic mass is 9.77. The SMILES string of the molecule is C[C](C)CC1CC2CCCC(C1)N2. The van der Waals surface area contributed by atoms with Crippen molar-refractivity contribution in [1.29, 1.82) is 0 Å². The topological polar surface area (TPSA) is 12.0 Å². The normalized spacial score (nSPS) is 39.5. The largest absolute Gasteiger partial charge is 0.311 e. The molecule has 2 heterocycles. The first-order valence-corrected chi connectivity index (χ1v) is 5.79. The van der Waals surface area contributed by atoms with Gasteiger partial charge >= 0.3 is 0 Å². The molecule has 0 aromatic heterocycles. The number of hydrogen-bond donors (Lipinski definition) is 1. The van der Waals surface area contributed by atoms with Gasteiger partial charge < -0.3 is 5.32 Å². The Bertz CT molecular complexity index is 153. The Labute approximate surface area is 82.3 Å². The first kappa shape index (κ1) is 9.51. The average molecular weight is 180 g/mol. The van der Waals surface area contributed by atoms with Gasteiger partial charge in [0, 0.05) is 12.1 Å². The maximum absolute atomic E-state index is 3.75. The van der Waals surface area contributed by atoms with Crippen molar-refractivity contribution in [3.8, 4) is 0 Å². The van der Waals surface area contributed by atoms with Gasteiger partial charge in [0.05, 0.1) is 0 Å². The fraction of sp³-hybridized carbons (Fsp3) is 0.917. The van der Waals surface area contributed by atoms with Crippen molar-refractivity contribution in [1.82, 2.24) is 5.32 Å². The second-order valence-electron chi connectivity index (χ2n) is 5.24. The van der Waals surface area contributed by atoms with Gasteiger partial charge in [-0.15, -0.1) is 0 Å². The molecule has 75 valence electrons. The van der Waals surface area contributed by atoms with Crippen molar-refractivity contribution in [2.45, 2.75) is 64.5 Å². The van der Waals surface area contributed by atoms with Crippen LogP contribution in [0, 0.1) is 11.8 Å². The summed E-state index contributed by atoms with van der Waals surface area (Å²) in [5, 5.41) is 3.75. The molecule has 0 aromatic carbocycles. The molecule has 1 nitrogen and oxygen atoms in total. The van der Waals surface area contributed by atoms with E-state index in [0.717, 1.165) is 18.0 Å². The van der Waals surface area contributed by atoms with Crippen molar-refractivity contribution >= 4 is 0 Å². The second-order valence-corrected chi connectivity index (χ2v) is 5.24. The summed E-state index contributed by atoms with van der Waals surface area (Å²) in [7, 11) is 0. The maximum atomic E-state index is 3.75. The van der Waals surface area contributed by atoms with Crippen LogP contribution in [0.5, 0.6) is 0 Å². The Kier molecular flexibility index (Phi) is 2.92. The lowest BCUT2D eigenvalue weighted by Gasteiger charge is -2.40. The van der Waals surface area contributed by atoms with Crippen molar-refractivity contribution < 1.29 is 0 Å². The van der Waals surface area contributed by atoms with Crippen LogP contribution in [0.3, 0.4) is 0 Å². The van der Waals surface area contributed by atoms with E-state index in [1.165, 1.54) is 38.5 Å². The minimum Gasteiger partial charge on any atom is -0.311 e. The summed E-state index contributed by atoms with van der Waals surface area (Å²) in [6, 6.07) is 1.72. The average Bonchev–Trinajstić information content (AvgIpc) is 2.01. The summed E-state index contributed by atoms with van der Waals surface area (Å²) in [5.74, 6) is 2.60. The van der Waals surface area contributed by atoms with Crippen LogP contribution in [0.2, 0.25) is 0 Å². The summed E-state index contributed by atoms with van der Waals surface area (Å²) < 4.78 is 0. The van der Waals surface area contributed by atoms with Gasteiger partial charge in [-0.3, -0.25) is 0 Å². The predicted molar refractivity (Wildman–Crippen MR) is 56.5 cm³/mol. The summed E-state index contributed by atoms with van der Waals surface area (Å²) >= 11 is 0. The lowest BCUT2D eigenvalue weighted by Crippen LogP contribution is -2.48. The Morgan fingerprint density at radius 3 is 2.31 bits per heavy atom. The first-order valence-electron chi connectivity index (χ1n) is 5.79. The van der Waals surface area contributed by atoms with Gasteiger partial charge in [-0.05, 0) is 43.9 Å². The molecule has 2 bridgehead atoms. The monoisotopic (exact) mass is 180 g/mol. The smallest absolute Gasteiger partial charge is 0.00723 e. The quantitative estimate of drug-likeness (QED) is 0.689. The van der Waals surface area contributed by atoms with Gasteiger partial charge in [0.2, 0.25) is 0 Å². The van der Waals surface area contributed by atoms with Crippen LogP contribution in [-0.4, -0.2) is 12.1 Å². The van der Waals surface area contributed by atoms with E-state index >= 15 is 0 Å². The molecule has 0 aromatic rings. The number of piperidine rings is 2. The third kappa shape index (κ3) is 2.46. The van der Waals surface area contributed by atoms with E-state index in [1.54, 1.807) is 5.92 Å². The highest BCUT2D eigenvalue weighted by Gasteiger charge is 2.30. The number of fused-ring (bicyclic) bond motifs is 2. The Morgan fingerprint density at radius 2 is 1.77 bits per heavy atom. The van der Waals surface area contributed by atoms with Crippen LogP contribution in [0.25, 0.3) is 0 Å². The van der Waals surface area contributed by atoms with E-state index in [2.05, 4.69) is 19.2 Å². The molecule has 2 aliphatic rings. The Hall–Kier alpha value is -0.0400. The highest BCUT2D eigenvalue weighted by atomic mass is 15.0. The summed E-state index contributed by atoms with van der Waals surface area (Å²) in [4.78, 5) is 0. The summed E-state index contributed by atoms with van der Waals surface area (Å²) in [6.45, 7) is 4.55. The highest BCUT2D eigenvalue weighted by molar-refractivity contribution is 4.92. The molecular weight excluding hydrogens is 158 g/mol. The first-order chi connectivity index (χ1) is 6.24. The van der Waals surface area contributed by atoms with Gasteiger partial charge in [-0.25, -0.2) is 0 Å². The molecular formula is C12H22N. The van der Waals surface area contributed by atoms with E-state index < -0.39 is 0 Å². The molecule has 2 atom stereocenters. The van der Waals surface area contributed by atoms with Crippen LogP contribution in [-0.2, 0) is 0 Å². The third-order valence-corrected chi connectivity index (χ3v) is 3.51. The number of hydrogen-bond acceptors (Lipinski definition) is 1. The molecule has 0 spiro atoms. The molecule has 13 heavy (non-hydrogen) atoms. The van der Waals surface area contributed by atoms with E-state index in [9.17, 15) is 0 Å². The van der Waals surface area contributed by atoms with Gasteiger partial charge in [0.15, 0.2) is 0 Å². The Balaban J connectivity index is 1.86. The molecule has 1 heteroatoms. The van der Waals surface area contributed by atoms with Gasteiger partial charge in [-0.2, -0.15) is 0 Å². The van der Waals surface area contributed by atoms with Crippen molar-refractivity contribution in [3.05, 3.63) is 5.92 Å². The third-order valence-electron chi connectivity index (χ3n) is 3.51. The summed E-state index contributed by atoms with van der Waals surface area (Å²) in [6.07, 6.45) is 8.55. The fourth-order valence-electron chi connectivity index (χ4n) is 3.13. The fourth-order valence-corrected chi connectivity index (χ4v) is 3.13. The van der Waals surface area contributed by atoms with Crippen LogP contribution in [0.15, 0.2) is 0 Å². The zero-order chi connectivity index (χ0) is 9.26. The molecule has 0 amide bonds. The number of rotatable bonds is 2. The minimum atomic E-state index is 0.858. The maximum Gasteiger partial charge on any atom is 0.00723 e. The standard InChI is InChI=1S/C12H22N/c1-9(2)6-10-7-11-4-3-5-12(8-10)13-11/h10-13H,3-8H2,1-2H3. The zero-order valence-corrected chi connectivity index (χ0v) is 8.97. The van der Waals surface area contributed by atoms with E-state index in [0.29, 0.717) is 0 Å². The minimum absolute atomic E-state index is 0.858. The molecule has 1 N–H and O–H groups in total. The van der Waals surface area contributed by atoms with Crippen molar-refractivity contribution in [2.24, 2.45) is 5.92 Å². The van der Waals surface area contributed by atoms with Crippen LogP contribution >= 0.6 is 0 Å². The van der Waals surface area contributed by atoms with E-state index in [-0.39, 0.29) is 0 Å². The van der Waals surface area contributed by atoms with Gasteiger partial charge in [0.1, 0.15) is 0 Å². The van der Waals surface area contributed by atoms with Crippen molar-refractivity contribution in [2.75, 3.05) is 0 Å². The molecule has 2 aliphatic heterocycles. The molecule has 2 rings (SSSR count). The molecule has 2 saturated heterocycles. The zero-order valence-electron chi connectivity index (χ0n) is 8.97. The molecule has 0 aliphatic carbocycles. The van der Waals surface area contributed by atoms with Gasteiger partial charge in [0.25, 0.3) is 0 Å². The second kappa shape index (κ2) is 4.00. The van der Waals surface area contributed by atoms with Crippen molar-refractivity contribution in [3.63, 3.8) is 0 Å². The molecule has 0 saturated carbocycles. The number of nitrogens with one attached hydrogen (secondary N) is 1. The van der Waals surface area contributed by atoms with Crippen LogP contribution in [0.1, 0.15) is 52.4 Å². The lowest BCUT2D eigenvalue weighted by molar-refractivity contribution is 0.182. The predicted octanol–water partition coefficient (Wildman–Crippen LogP) is 2.91. The van der Waals surface area contributed by atoms with Gasteiger partial charge in [-0.1, -0.05) is 20.3 Å². The summed E-state index contributed by atoms with van der Waals surface area (Å²) in [5.41, 5.74) is 0. The van der Waals surface area contributed by atoms with Crippen LogP contribution < -0.4 is 5.32 Å². The van der Waals surface area contributed by atoms with E-state index in [1.807, 2.05) is 0 Å². The Morgan fingerprint density at radius 1 is 1.15 bits per heavy atom. The molecule has 2 unspecified atom stereocenters. The molecule has 2 fully saturated rings.